The number of hydrogen-bond acceptors (Lipinski definition) is 5. The minimum atomic E-state index is -3.30. The summed E-state index contributed by atoms with van der Waals surface area (Å²) in [6.45, 7) is 0.852. The standard InChI is InChI=1S/C27H27F2N5O5/c1-27(25(28)29,33-26(38)31-2)22(24(37)34-39)32-23(36)20-14-11-18(12-15-20)6-4-3-5-17-7-9-19(10-8-17)13-16-21(30)35/h7-12,14-15,22,25,39H,13,16H2,1-2H3,(H2,30,35)(H,32,36)(H,34,37)(H2,31,33,38)/t22-,27?/m1/s1. The zero-order valence-corrected chi connectivity index (χ0v) is 21.1. The second-order valence-corrected chi connectivity index (χ2v) is 8.41. The molecule has 10 nitrogen and oxygen atoms in total. The Morgan fingerprint density at radius 3 is 1.97 bits per heavy atom. The third-order valence-corrected chi connectivity index (χ3v) is 5.55. The van der Waals surface area contributed by atoms with Crippen LogP contribution < -0.4 is 27.2 Å². The van der Waals surface area contributed by atoms with Gasteiger partial charge >= 0.3 is 6.03 Å². The van der Waals surface area contributed by atoms with E-state index in [0.29, 0.717) is 12.0 Å². The summed E-state index contributed by atoms with van der Waals surface area (Å²) in [4.78, 5) is 47.4. The molecular weight excluding hydrogens is 512 g/mol. The van der Waals surface area contributed by atoms with Crippen molar-refractivity contribution in [1.29, 1.82) is 0 Å². The summed E-state index contributed by atoms with van der Waals surface area (Å²) in [5.41, 5.74) is 6.01. The van der Waals surface area contributed by atoms with Crippen LogP contribution in [-0.4, -0.2) is 54.0 Å². The van der Waals surface area contributed by atoms with Gasteiger partial charge in [0.05, 0.1) is 0 Å². The van der Waals surface area contributed by atoms with Crippen LogP contribution in [0.3, 0.4) is 0 Å². The van der Waals surface area contributed by atoms with Crippen molar-refractivity contribution in [2.45, 2.75) is 37.8 Å². The van der Waals surface area contributed by atoms with Gasteiger partial charge in [-0.25, -0.2) is 19.1 Å². The summed E-state index contributed by atoms with van der Waals surface area (Å²) in [7, 11) is 1.18. The molecule has 0 aliphatic rings. The molecule has 0 heterocycles. The normalized spacial score (nSPS) is 12.4. The summed E-state index contributed by atoms with van der Waals surface area (Å²) in [5, 5.41) is 15.2. The summed E-state index contributed by atoms with van der Waals surface area (Å²) in [6.07, 6.45) is -2.49. The molecule has 0 aliphatic heterocycles. The lowest BCUT2D eigenvalue weighted by Crippen LogP contribution is -2.69. The van der Waals surface area contributed by atoms with E-state index in [-0.39, 0.29) is 17.9 Å². The van der Waals surface area contributed by atoms with Crippen molar-refractivity contribution in [3.8, 4) is 23.7 Å². The topological polar surface area (TPSA) is 163 Å². The molecule has 2 aromatic carbocycles. The lowest BCUT2D eigenvalue weighted by atomic mass is 9.91. The zero-order valence-electron chi connectivity index (χ0n) is 21.1. The van der Waals surface area contributed by atoms with Crippen LogP contribution in [0.1, 0.15) is 40.4 Å². The predicted molar refractivity (Wildman–Crippen MR) is 137 cm³/mol. The maximum absolute atomic E-state index is 13.9. The van der Waals surface area contributed by atoms with Crippen molar-refractivity contribution in [2.24, 2.45) is 5.73 Å². The average Bonchev–Trinajstić information content (AvgIpc) is 2.92. The molecule has 2 rings (SSSR count). The molecule has 1 unspecified atom stereocenters. The Morgan fingerprint density at radius 1 is 0.974 bits per heavy atom. The van der Waals surface area contributed by atoms with Crippen molar-refractivity contribution in [2.75, 3.05) is 7.05 Å². The van der Waals surface area contributed by atoms with Crippen molar-refractivity contribution in [3.63, 3.8) is 0 Å². The molecule has 0 saturated heterocycles. The zero-order chi connectivity index (χ0) is 29.0. The van der Waals surface area contributed by atoms with Crippen LogP contribution in [0.5, 0.6) is 0 Å². The number of benzene rings is 2. The Morgan fingerprint density at radius 2 is 1.51 bits per heavy atom. The highest BCUT2D eigenvalue weighted by atomic mass is 19.3. The molecule has 5 amide bonds. The van der Waals surface area contributed by atoms with E-state index in [1.54, 1.807) is 12.1 Å². The number of alkyl halides is 2. The van der Waals surface area contributed by atoms with Crippen LogP contribution in [0.2, 0.25) is 0 Å². The van der Waals surface area contributed by atoms with Crippen LogP contribution in [0.25, 0.3) is 0 Å². The average molecular weight is 540 g/mol. The monoisotopic (exact) mass is 539 g/mol. The van der Waals surface area contributed by atoms with E-state index in [9.17, 15) is 28.0 Å². The number of hydroxylamine groups is 1. The Balaban J connectivity index is 2.11. The number of rotatable bonds is 9. The first kappa shape index (κ1) is 30.3. The van der Waals surface area contributed by atoms with Crippen LogP contribution in [0.15, 0.2) is 48.5 Å². The minimum Gasteiger partial charge on any atom is -0.370 e. The molecule has 0 aromatic heterocycles. The maximum atomic E-state index is 13.9. The molecule has 0 bridgehead atoms. The molecule has 2 atom stereocenters. The fourth-order valence-corrected chi connectivity index (χ4v) is 3.26. The van der Waals surface area contributed by atoms with Crippen molar-refractivity contribution in [3.05, 3.63) is 70.8 Å². The lowest BCUT2D eigenvalue weighted by molar-refractivity contribution is -0.135. The smallest absolute Gasteiger partial charge is 0.315 e. The van der Waals surface area contributed by atoms with Crippen molar-refractivity contribution < 1.29 is 33.2 Å². The minimum absolute atomic E-state index is 0.00959. The number of halogens is 2. The molecule has 39 heavy (non-hydrogen) atoms. The highest BCUT2D eigenvalue weighted by Crippen LogP contribution is 2.21. The second kappa shape index (κ2) is 14.1. The van der Waals surface area contributed by atoms with Gasteiger partial charge in [0, 0.05) is 30.2 Å². The third-order valence-electron chi connectivity index (χ3n) is 5.55. The van der Waals surface area contributed by atoms with E-state index >= 15 is 0 Å². The van der Waals surface area contributed by atoms with Gasteiger partial charge in [-0.2, -0.15) is 0 Å². The van der Waals surface area contributed by atoms with Gasteiger partial charge in [0.1, 0.15) is 11.6 Å². The highest BCUT2D eigenvalue weighted by Gasteiger charge is 2.48. The number of carbonyl (C=O) groups excluding carboxylic acids is 4. The summed E-state index contributed by atoms with van der Waals surface area (Å²) < 4.78 is 27.7. The molecule has 0 aliphatic carbocycles. The molecule has 0 radical (unpaired) electrons. The Hall–Kier alpha value is -4.94. The van der Waals surface area contributed by atoms with E-state index in [1.807, 2.05) is 17.4 Å². The van der Waals surface area contributed by atoms with Gasteiger partial charge in [0.15, 0.2) is 0 Å². The summed E-state index contributed by atoms with van der Waals surface area (Å²) in [5.74, 6) is 8.44. The molecule has 2 aromatic rings. The van der Waals surface area contributed by atoms with E-state index in [0.717, 1.165) is 18.1 Å². The highest BCUT2D eigenvalue weighted by molar-refractivity contribution is 5.98. The number of urea groups is 1. The second-order valence-electron chi connectivity index (χ2n) is 8.41. The van der Waals surface area contributed by atoms with Crippen LogP contribution in [-0.2, 0) is 16.0 Å². The number of nitrogens with two attached hydrogens (primary N) is 1. The molecule has 0 fully saturated rings. The van der Waals surface area contributed by atoms with Gasteiger partial charge in [0.25, 0.3) is 18.2 Å². The lowest BCUT2D eigenvalue weighted by Gasteiger charge is -2.36. The maximum Gasteiger partial charge on any atom is 0.315 e. The fourth-order valence-electron chi connectivity index (χ4n) is 3.26. The van der Waals surface area contributed by atoms with Crippen molar-refractivity contribution >= 4 is 23.8 Å². The number of carbonyl (C=O) groups is 4. The summed E-state index contributed by atoms with van der Waals surface area (Å²) >= 11 is 0. The molecule has 0 saturated carbocycles. The first-order valence-electron chi connectivity index (χ1n) is 11.5. The molecular formula is C27H27F2N5O5. The first-order chi connectivity index (χ1) is 18.5. The van der Waals surface area contributed by atoms with Gasteiger partial charge in [0.2, 0.25) is 5.91 Å². The largest absolute Gasteiger partial charge is 0.370 e. The van der Waals surface area contributed by atoms with Gasteiger partial charge in [-0.15, -0.1) is 0 Å². The molecule has 7 N–H and O–H groups in total. The van der Waals surface area contributed by atoms with E-state index in [1.165, 1.54) is 36.8 Å². The molecule has 0 spiro atoms. The Kier molecular flexibility index (Phi) is 11.0. The fraction of sp³-hybridized carbons (Fsp3) is 0.259. The van der Waals surface area contributed by atoms with Crippen LogP contribution in [0, 0.1) is 23.7 Å². The number of hydrogen-bond donors (Lipinski definition) is 6. The van der Waals surface area contributed by atoms with Gasteiger partial charge in [-0.05, 0) is 67.1 Å². The van der Waals surface area contributed by atoms with E-state index in [4.69, 9.17) is 10.9 Å². The molecule has 204 valence electrons. The number of amides is 5. The Bertz CT molecular complexity index is 1320. The van der Waals surface area contributed by atoms with E-state index < -0.39 is 35.9 Å². The van der Waals surface area contributed by atoms with Crippen LogP contribution >= 0.6 is 0 Å². The van der Waals surface area contributed by atoms with E-state index in [2.05, 4.69) is 34.3 Å². The number of nitrogens with one attached hydrogen (secondary N) is 4. The predicted octanol–water partition coefficient (Wildman–Crippen LogP) is 1.06. The number of aryl methyl sites for hydroxylation is 1. The van der Waals surface area contributed by atoms with Gasteiger partial charge < -0.3 is 21.7 Å². The SMILES string of the molecule is CNC(=O)NC(C)(C(F)F)[C@H](NC(=O)c1ccc(C#CC#Cc2ccc(CCC(N)=O)cc2)cc1)C(=O)NO. The van der Waals surface area contributed by atoms with Gasteiger partial charge in [-0.3, -0.25) is 19.6 Å². The van der Waals surface area contributed by atoms with Crippen LogP contribution in [0.4, 0.5) is 13.6 Å². The van der Waals surface area contributed by atoms with Gasteiger partial charge in [-0.1, -0.05) is 24.0 Å². The number of primary amides is 1. The summed E-state index contributed by atoms with van der Waals surface area (Å²) in [6, 6.07) is 9.94. The molecule has 12 heteroatoms. The Labute approximate surface area is 223 Å². The van der Waals surface area contributed by atoms with Crippen molar-refractivity contribution in [1.82, 2.24) is 21.4 Å². The third kappa shape index (κ3) is 8.84. The first-order valence-corrected chi connectivity index (χ1v) is 11.5. The quantitative estimate of drug-likeness (QED) is 0.159.